The van der Waals surface area contributed by atoms with Gasteiger partial charge in [0, 0.05) is 11.9 Å². The Hall–Kier alpha value is -0.610. The fourth-order valence-corrected chi connectivity index (χ4v) is 3.52. The second kappa shape index (κ2) is 4.49. The van der Waals surface area contributed by atoms with Gasteiger partial charge in [0.1, 0.15) is 5.76 Å². The molecule has 2 aliphatic carbocycles. The Morgan fingerprint density at radius 3 is 2.83 bits per heavy atom. The van der Waals surface area contributed by atoms with Crippen LogP contribution in [-0.4, -0.2) is 29.4 Å². The van der Waals surface area contributed by atoms with Crippen LogP contribution >= 0.6 is 15.9 Å². The summed E-state index contributed by atoms with van der Waals surface area (Å²) in [5.74, 6) is 0.971. The van der Waals surface area contributed by atoms with Crippen LogP contribution in [-0.2, 0) is 14.3 Å². The highest BCUT2D eigenvalue weighted by atomic mass is 79.9. The van der Waals surface area contributed by atoms with E-state index in [1.807, 2.05) is 12.2 Å². The smallest absolute Gasteiger partial charge is 0.209 e. The minimum Gasteiger partial charge on any atom is -0.479 e. The Balaban J connectivity index is 1.84. The molecule has 4 heteroatoms. The fraction of sp³-hybridized carbons (Fsp3) is 0.643. The monoisotopic (exact) mass is 312 g/mol. The number of ether oxygens (including phenoxy) is 2. The second-order valence-electron chi connectivity index (χ2n) is 5.26. The number of carbonyl (C=O) groups excluding carboxylic acids is 1. The summed E-state index contributed by atoms with van der Waals surface area (Å²) < 4.78 is 11.4. The van der Waals surface area contributed by atoms with Crippen LogP contribution in [0.5, 0.6) is 0 Å². The first-order valence-electron chi connectivity index (χ1n) is 6.48. The van der Waals surface area contributed by atoms with E-state index >= 15 is 0 Å². The van der Waals surface area contributed by atoms with Crippen molar-refractivity contribution in [3.8, 4) is 0 Å². The first-order chi connectivity index (χ1) is 8.64. The van der Waals surface area contributed by atoms with Crippen LogP contribution in [0.3, 0.4) is 0 Å². The summed E-state index contributed by atoms with van der Waals surface area (Å²) in [4.78, 5) is 12.8. The molecule has 1 atom stereocenters. The summed E-state index contributed by atoms with van der Waals surface area (Å²) in [6.45, 7) is 0. The lowest BCUT2D eigenvalue weighted by atomic mass is 9.79. The molecule has 3 rings (SSSR count). The van der Waals surface area contributed by atoms with Crippen molar-refractivity contribution in [3.63, 3.8) is 0 Å². The number of methoxy groups -OCH3 is 1. The zero-order valence-corrected chi connectivity index (χ0v) is 12.0. The minimum atomic E-state index is -0.593. The average molecular weight is 313 g/mol. The number of hydrogen-bond acceptors (Lipinski definition) is 3. The Morgan fingerprint density at radius 1 is 1.44 bits per heavy atom. The van der Waals surface area contributed by atoms with Gasteiger partial charge in [0.15, 0.2) is 5.60 Å². The van der Waals surface area contributed by atoms with Gasteiger partial charge in [-0.1, -0.05) is 22.0 Å². The maximum atomic E-state index is 12.6. The van der Waals surface area contributed by atoms with Crippen LogP contribution in [0.2, 0.25) is 0 Å². The molecule has 1 unspecified atom stereocenters. The number of carbonyl (C=O) groups is 1. The van der Waals surface area contributed by atoms with Crippen LogP contribution < -0.4 is 0 Å². The molecule has 0 aromatic heterocycles. The molecule has 0 N–H and O–H groups in total. The van der Waals surface area contributed by atoms with E-state index in [4.69, 9.17) is 9.47 Å². The molecular weight excluding hydrogens is 296 g/mol. The van der Waals surface area contributed by atoms with E-state index in [-0.39, 0.29) is 16.7 Å². The van der Waals surface area contributed by atoms with Crippen LogP contribution in [0.1, 0.15) is 32.1 Å². The molecule has 3 nitrogen and oxygen atoms in total. The maximum Gasteiger partial charge on any atom is 0.209 e. The molecular formula is C14H17BrO3. The highest BCUT2D eigenvalue weighted by Gasteiger charge is 2.52. The predicted octanol–water partition coefficient (Wildman–Crippen LogP) is 2.89. The number of alkyl halides is 1. The number of rotatable bonds is 1. The van der Waals surface area contributed by atoms with Gasteiger partial charge in [-0.2, -0.15) is 0 Å². The Morgan fingerprint density at radius 2 is 2.17 bits per heavy atom. The summed E-state index contributed by atoms with van der Waals surface area (Å²) in [6.07, 6.45) is 8.54. The number of Topliss-reactive ketones (excluding diaryl/α,β-unsaturated/α-hetero) is 1. The number of ketones is 1. The van der Waals surface area contributed by atoms with E-state index in [2.05, 4.69) is 15.9 Å². The SMILES string of the molecule is COC1CCC2(CC1)OC1=CCC(Br)C=C1C2=O. The number of fused-ring (bicyclic) bond motifs is 1. The Labute approximate surface area is 115 Å². The van der Waals surface area contributed by atoms with Gasteiger partial charge in [-0.15, -0.1) is 0 Å². The van der Waals surface area contributed by atoms with Crippen molar-refractivity contribution in [1.29, 1.82) is 0 Å². The van der Waals surface area contributed by atoms with Crippen LogP contribution in [0, 0.1) is 0 Å². The molecule has 2 fully saturated rings. The average Bonchev–Trinajstić information content (AvgIpc) is 2.65. The van der Waals surface area contributed by atoms with Gasteiger partial charge >= 0.3 is 0 Å². The molecule has 1 spiro atoms. The molecule has 0 amide bonds. The lowest BCUT2D eigenvalue weighted by Gasteiger charge is -2.34. The molecule has 98 valence electrons. The lowest BCUT2D eigenvalue weighted by Crippen LogP contribution is -2.41. The zero-order valence-electron chi connectivity index (χ0n) is 10.4. The molecule has 1 heterocycles. The fourth-order valence-electron chi connectivity index (χ4n) is 3.07. The zero-order chi connectivity index (χ0) is 12.8. The lowest BCUT2D eigenvalue weighted by molar-refractivity contribution is -0.134. The van der Waals surface area contributed by atoms with Gasteiger partial charge in [0.25, 0.3) is 0 Å². The van der Waals surface area contributed by atoms with Crippen LogP contribution in [0.15, 0.2) is 23.5 Å². The summed E-state index contributed by atoms with van der Waals surface area (Å²) in [7, 11) is 1.74. The van der Waals surface area contributed by atoms with Crippen molar-refractivity contribution >= 4 is 21.7 Å². The highest BCUT2D eigenvalue weighted by Crippen LogP contribution is 2.45. The summed E-state index contributed by atoms with van der Waals surface area (Å²) in [5.41, 5.74) is 0.183. The second-order valence-corrected chi connectivity index (χ2v) is 6.44. The third-order valence-corrected chi connectivity index (χ3v) is 4.82. The van der Waals surface area contributed by atoms with Crippen molar-refractivity contribution < 1.29 is 14.3 Å². The molecule has 0 aromatic carbocycles. The van der Waals surface area contributed by atoms with E-state index in [1.54, 1.807) is 7.11 Å². The third kappa shape index (κ3) is 1.86. The first kappa shape index (κ1) is 12.4. The van der Waals surface area contributed by atoms with E-state index < -0.39 is 5.60 Å². The van der Waals surface area contributed by atoms with Gasteiger partial charge in [0.05, 0.1) is 11.7 Å². The van der Waals surface area contributed by atoms with Crippen molar-refractivity contribution in [3.05, 3.63) is 23.5 Å². The first-order valence-corrected chi connectivity index (χ1v) is 7.39. The van der Waals surface area contributed by atoms with Gasteiger partial charge < -0.3 is 9.47 Å². The molecule has 0 radical (unpaired) electrons. The predicted molar refractivity (Wildman–Crippen MR) is 71.6 cm³/mol. The van der Waals surface area contributed by atoms with Crippen molar-refractivity contribution in [1.82, 2.24) is 0 Å². The molecule has 1 saturated carbocycles. The van der Waals surface area contributed by atoms with Gasteiger partial charge in [0.2, 0.25) is 5.78 Å². The van der Waals surface area contributed by atoms with Crippen LogP contribution in [0.4, 0.5) is 0 Å². The molecule has 3 aliphatic rings. The maximum absolute atomic E-state index is 12.6. The Bertz CT molecular complexity index is 430. The Kier molecular flexibility index (Phi) is 3.10. The number of allylic oxidation sites excluding steroid dienone is 3. The quantitative estimate of drug-likeness (QED) is 0.698. The molecule has 0 aromatic rings. The molecule has 1 aliphatic heterocycles. The number of hydrogen-bond donors (Lipinski definition) is 0. The van der Waals surface area contributed by atoms with Crippen molar-refractivity contribution in [2.75, 3.05) is 7.11 Å². The van der Waals surface area contributed by atoms with Crippen LogP contribution in [0.25, 0.3) is 0 Å². The largest absolute Gasteiger partial charge is 0.479 e. The molecule has 1 saturated heterocycles. The van der Waals surface area contributed by atoms with Crippen molar-refractivity contribution in [2.24, 2.45) is 0 Å². The molecule has 18 heavy (non-hydrogen) atoms. The minimum absolute atomic E-state index is 0.174. The summed E-state index contributed by atoms with van der Waals surface area (Å²) in [5, 5.41) is 0. The highest BCUT2D eigenvalue weighted by molar-refractivity contribution is 9.09. The number of halogens is 1. The summed E-state index contributed by atoms with van der Waals surface area (Å²) >= 11 is 3.54. The van der Waals surface area contributed by atoms with Gasteiger partial charge in [-0.3, -0.25) is 4.79 Å². The molecule has 0 bridgehead atoms. The van der Waals surface area contributed by atoms with Gasteiger partial charge in [-0.25, -0.2) is 0 Å². The van der Waals surface area contributed by atoms with E-state index in [0.29, 0.717) is 0 Å². The normalized spacial score (nSPS) is 39.1. The van der Waals surface area contributed by atoms with Crippen molar-refractivity contribution in [2.45, 2.75) is 48.6 Å². The van der Waals surface area contributed by atoms with Gasteiger partial charge in [-0.05, 0) is 38.2 Å². The van der Waals surface area contributed by atoms with E-state index in [9.17, 15) is 4.79 Å². The standard InChI is InChI=1S/C14H17BrO3/c1-17-10-4-6-14(7-5-10)13(16)11-8-9(15)2-3-12(11)18-14/h3,8-10H,2,4-7H2,1H3. The summed E-state index contributed by atoms with van der Waals surface area (Å²) in [6, 6.07) is 0. The van der Waals surface area contributed by atoms with E-state index in [0.717, 1.165) is 43.4 Å². The topological polar surface area (TPSA) is 35.5 Å². The third-order valence-electron chi connectivity index (χ3n) is 4.18. The van der Waals surface area contributed by atoms with E-state index in [1.165, 1.54) is 0 Å².